The quantitative estimate of drug-likeness (QED) is 0.364. The van der Waals surface area contributed by atoms with Gasteiger partial charge in [-0.2, -0.15) is 18.4 Å². The van der Waals surface area contributed by atoms with Gasteiger partial charge in [0.05, 0.1) is 34.6 Å². The maximum Gasteiger partial charge on any atom is 0.573 e. The van der Waals surface area contributed by atoms with Crippen LogP contribution in [0.25, 0.3) is 0 Å². The number of pyridine rings is 1. The first-order valence-electron chi connectivity index (χ1n) is 11.4. The number of halogens is 6. The lowest BCUT2D eigenvalue weighted by Gasteiger charge is -2.29. The van der Waals surface area contributed by atoms with Crippen LogP contribution >= 0.6 is 0 Å². The average Bonchev–Trinajstić information content (AvgIpc) is 3.18. The third-order valence-electron chi connectivity index (χ3n) is 5.89. The lowest BCUT2D eigenvalue weighted by atomic mass is 9.98. The van der Waals surface area contributed by atoms with Gasteiger partial charge in [0, 0.05) is 5.69 Å². The Balaban J connectivity index is 1.74. The number of hydrogen-bond acceptors (Lipinski definition) is 5. The molecule has 202 valence electrons. The van der Waals surface area contributed by atoms with Crippen molar-refractivity contribution in [2.24, 2.45) is 0 Å². The number of ether oxygens (including phenoxy) is 1. The number of carbonyl (C=O) groups excluding carboxylic acids is 1. The van der Waals surface area contributed by atoms with Crippen molar-refractivity contribution < 1.29 is 35.9 Å². The molecule has 0 fully saturated rings. The fraction of sp³-hybridized carbons (Fsp3) is 0.222. The van der Waals surface area contributed by atoms with E-state index in [0.29, 0.717) is 11.3 Å². The molecule has 4 rings (SSSR count). The van der Waals surface area contributed by atoms with Gasteiger partial charge in [0.1, 0.15) is 11.4 Å². The predicted octanol–water partition coefficient (Wildman–Crippen LogP) is 6.37. The van der Waals surface area contributed by atoms with Crippen LogP contribution in [0.2, 0.25) is 0 Å². The second-order valence-electron chi connectivity index (χ2n) is 9.14. The number of hydrogen-bond donors (Lipinski definition) is 1. The zero-order valence-electron chi connectivity index (χ0n) is 20.4. The van der Waals surface area contributed by atoms with E-state index >= 15 is 0 Å². The summed E-state index contributed by atoms with van der Waals surface area (Å²) in [6.45, 7) is 3.08. The molecule has 1 N–H and O–H groups in total. The molecule has 0 saturated heterocycles. The molecule has 0 bridgehead atoms. The van der Waals surface area contributed by atoms with E-state index < -0.39 is 41.5 Å². The number of alkyl halides is 6. The van der Waals surface area contributed by atoms with Gasteiger partial charge in [-0.05, 0) is 74.0 Å². The molecule has 39 heavy (non-hydrogen) atoms. The highest BCUT2D eigenvalue weighted by molar-refractivity contribution is 6.09. The van der Waals surface area contributed by atoms with Gasteiger partial charge >= 0.3 is 12.5 Å². The van der Waals surface area contributed by atoms with Crippen LogP contribution in [0.1, 0.15) is 42.4 Å². The van der Waals surface area contributed by atoms with Gasteiger partial charge in [-0.15, -0.1) is 13.2 Å². The summed E-state index contributed by atoms with van der Waals surface area (Å²) in [5.74, 6) is -1.08. The Kier molecular flexibility index (Phi) is 7.04. The summed E-state index contributed by atoms with van der Waals surface area (Å²) >= 11 is 0. The molecule has 1 amide bonds. The summed E-state index contributed by atoms with van der Waals surface area (Å²) < 4.78 is 82.2. The number of anilines is 1. The number of nitriles is 1. The number of nitrogens with one attached hydrogen (secondary N) is 1. The van der Waals surface area contributed by atoms with Crippen LogP contribution in [0.4, 0.5) is 32.0 Å². The number of rotatable bonds is 6. The zero-order valence-corrected chi connectivity index (χ0v) is 20.4. The fourth-order valence-corrected chi connectivity index (χ4v) is 4.11. The molecule has 1 aliphatic rings. The zero-order chi connectivity index (χ0) is 28.6. The van der Waals surface area contributed by atoms with Crippen LogP contribution < -0.4 is 15.0 Å². The highest BCUT2D eigenvalue weighted by atomic mass is 19.4. The molecule has 12 heteroatoms. The van der Waals surface area contributed by atoms with Gasteiger partial charge in [-0.1, -0.05) is 18.2 Å². The first-order chi connectivity index (χ1) is 18.2. The maximum absolute atomic E-state index is 13.6. The monoisotopic (exact) mass is 546 g/mol. The summed E-state index contributed by atoms with van der Waals surface area (Å²) in [7, 11) is 0. The molecule has 2 heterocycles. The molecular weight excluding hydrogens is 526 g/mol. The Morgan fingerprint density at radius 1 is 0.949 bits per heavy atom. The van der Waals surface area contributed by atoms with Crippen LogP contribution in [0.15, 0.2) is 78.5 Å². The molecule has 0 saturated carbocycles. The van der Waals surface area contributed by atoms with Gasteiger partial charge < -0.3 is 10.1 Å². The SMILES string of the molecule is CC(C)(NC1=CC(c2cccc(OC(F)(F)F)c2)N(c2ccc(C#N)cc2)C1=O)c1cccc(C(F)(F)F)n1. The van der Waals surface area contributed by atoms with Crippen molar-refractivity contribution in [1.82, 2.24) is 10.3 Å². The van der Waals surface area contributed by atoms with Gasteiger partial charge in [0.15, 0.2) is 0 Å². The number of benzene rings is 2. The summed E-state index contributed by atoms with van der Waals surface area (Å²) in [6, 6.07) is 15.6. The summed E-state index contributed by atoms with van der Waals surface area (Å²) in [4.78, 5) is 18.6. The van der Waals surface area contributed by atoms with Crippen LogP contribution in [-0.2, 0) is 16.5 Å². The molecule has 1 atom stereocenters. The highest BCUT2D eigenvalue weighted by Crippen LogP contribution is 2.38. The number of amides is 1. The first-order valence-corrected chi connectivity index (χ1v) is 11.4. The smallest absolute Gasteiger partial charge is 0.406 e. The highest BCUT2D eigenvalue weighted by Gasteiger charge is 2.39. The van der Waals surface area contributed by atoms with Crippen LogP contribution in [-0.4, -0.2) is 17.3 Å². The van der Waals surface area contributed by atoms with E-state index in [1.807, 2.05) is 6.07 Å². The molecule has 2 aromatic carbocycles. The maximum atomic E-state index is 13.6. The Hall–Kier alpha value is -4.53. The van der Waals surface area contributed by atoms with E-state index in [-0.39, 0.29) is 17.0 Å². The standard InChI is InChI=1S/C27H20F6N4O2/c1-25(2,22-7-4-8-23(35-22)26(28,29)30)36-20-14-21(17-5-3-6-19(13-17)39-27(31,32)33)37(24(20)38)18-11-9-16(15-34)10-12-18/h3-14,21,36H,1-2H3. The Bertz CT molecular complexity index is 1460. The second kappa shape index (κ2) is 9.98. The molecule has 1 aliphatic heterocycles. The van der Waals surface area contributed by atoms with E-state index in [1.165, 1.54) is 59.5 Å². The average molecular weight is 546 g/mol. The topological polar surface area (TPSA) is 78.2 Å². The van der Waals surface area contributed by atoms with E-state index in [4.69, 9.17) is 5.26 Å². The van der Waals surface area contributed by atoms with E-state index in [9.17, 15) is 31.1 Å². The van der Waals surface area contributed by atoms with Crippen molar-refractivity contribution in [3.8, 4) is 11.8 Å². The Morgan fingerprint density at radius 3 is 2.21 bits per heavy atom. The van der Waals surface area contributed by atoms with Crippen molar-refractivity contribution >= 4 is 11.6 Å². The Morgan fingerprint density at radius 2 is 1.59 bits per heavy atom. The van der Waals surface area contributed by atoms with E-state index in [0.717, 1.165) is 18.2 Å². The van der Waals surface area contributed by atoms with Crippen molar-refractivity contribution in [3.05, 3.63) is 101 Å². The van der Waals surface area contributed by atoms with Crippen molar-refractivity contribution in [2.75, 3.05) is 4.90 Å². The first kappa shape index (κ1) is 27.5. The van der Waals surface area contributed by atoms with Gasteiger partial charge in [-0.25, -0.2) is 4.98 Å². The van der Waals surface area contributed by atoms with Gasteiger partial charge in [0.25, 0.3) is 5.91 Å². The number of nitrogens with zero attached hydrogens (tertiary/aromatic N) is 3. The predicted molar refractivity (Wildman–Crippen MR) is 128 cm³/mol. The third-order valence-corrected chi connectivity index (χ3v) is 5.89. The number of carbonyl (C=O) groups is 1. The van der Waals surface area contributed by atoms with Crippen molar-refractivity contribution in [1.29, 1.82) is 5.26 Å². The number of aromatic nitrogens is 1. The van der Waals surface area contributed by atoms with E-state index in [2.05, 4.69) is 15.0 Å². The fourth-order valence-electron chi connectivity index (χ4n) is 4.11. The summed E-state index contributed by atoms with van der Waals surface area (Å²) in [5.41, 5.74) is -1.40. The van der Waals surface area contributed by atoms with Crippen LogP contribution in [0.5, 0.6) is 5.75 Å². The minimum absolute atomic E-state index is 0.00397. The molecule has 0 radical (unpaired) electrons. The van der Waals surface area contributed by atoms with Gasteiger partial charge in [-0.3, -0.25) is 9.69 Å². The Labute approximate surface area is 219 Å². The molecule has 3 aromatic rings. The van der Waals surface area contributed by atoms with Crippen LogP contribution in [0, 0.1) is 11.3 Å². The molecule has 1 unspecified atom stereocenters. The van der Waals surface area contributed by atoms with Crippen molar-refractivity contribution in [2.45, 2.75) is 38.0 Å². The normalized spacial score (nSPS) is 16.1. The van der Waals surface area contributed by atoms with Crippen LogP contribution in [0.3, 0.4) is 0 Å². The lowest BCUT2D eigenvalue weighted by molar-refractivity contribution is -0.274. The molecule has 1 aromatic heterocycles. The second-order valence-corrected chi connectivity index (χ2v) is 9.14. The van der Waals surface area contributed by atoms with E-state index in [1.54, 1.807) is 13.8 Å². The lowest BCUT2D eigenvalue weighted by Crippen LogP contribution is -2.41. The minimum atomic E-state index is -4.93. The minimum Gasteiger partial charge on any atom is -0.406 e. The van der Waals surface area contributed by atoms with Gasteiger partial charge in [0.2, 0.25) is 0 Å². The molecular formula is C27H20F6N4O2. The summed E-state index contributed by atoms with van der Waals surface area (Å²) in [6.07, 6.45) is -8.14. The molecule has 0 aliphatic carbocycles. The van der Waals surface area contributed by atoms with Crippen molar-refractivity contribution in [3.63, 3.8) is 0 Å². The molecule has 6 nitrogen and oxygen atoms in total. The third kappa shape index (κ3) is 6.14. The summed E-state index contributed by atoms with van der Waals surface area (Å²) in [5, 5.41) is 12.1. The largest absolute Gasteiger partial charge is 0.573 e. The molecule has 0 spiro atoms.